The Morgan fingerprint density at radius 3 is 2.64 bits per heavy atom. The van der Waals surface area contributed by atoms with Crippen molar-refractivity contribution in [1.29, 1.82) is 0 Å². The lowest BCUT2D eigenvalue weighted by Gasteiger charge is -2.11. The third-order valence-electron chi connectivity index (χ3n) is 3.52. The van der Waals surface area contributed by atoms with Gasteiger partial charge >= 0.3 is 12.2 Å². The molecule has 0 radical (unpaired) electrons. The average Bonchev–Trinajstić information content (AvgIpc) is 3.12. The minimum Gasteiger partial charge on any atom is -0.338 e. The highest BCUT2D eigenvalue weighted by atomic mass is 79.9. The summed E-state index contributed by atoms with van der Waals surface area (Å²) in [4.78, 5) is 23.7. The fraction of sp³-hybridized carbons (Fsp3) is 0.176. The van der Waals surface area contributed by atoms with Crippen molar-refractivity contribution in [2.75, 3.05) is 11.9 Å². The predicted octanol–water partition coefficient (Wildman–Crippen LogP) is 5.19. The van der Waals surface area contributed by atoms with Crippen molar-refractivity contribution in [2.24, 2.45) is 0 Å². The van der Waals surface area contributed by atoms with Gasteiger partial charge in [0.25, 0.3) is 0 Å². The van der Waals surface area contributed by atoms with E-state index in [0.29, 0.717) is 27.7 Å². The van der Waals surface area contributed by atoms with E-state index >= 15 is 0 Å². The summed E-state index contributed by atoms with van der Waals surface area (Å²) in [6.07, 6.45) is 0.0869. The SMILES string of the molecule is CCNC(=O)Nc1cc(-c2nc(C(F)(F)F)cs2)c(-c2cncc(Br)c2)cn1. The Morgan fingerprint density at radius 2 is 2.00 bits per heavy atom. The molecule has 146 valence electrons. The second-order valence-corrected chi connectivity index (χ2v) is 7.30. The van der Waals surface area contributed by atoms with E-state index in [2.05, 4.69) is 41.5 Å². The van der Waals surface area contributed by atoms with Gasteiger partial charge in [0.2, 0.25) is 0 Å². The van der Waals surface area contributed by atoms with Crippen LogP contribution in [0.5, 0.6) is 0 Å². The average molecular weight is 472 g/mol. The van der Waals surface area contributed by atoms with Crippen molar-refractivity contribution in [3.63, 3.8) is 0 Å². The minimum absolute atomic E-state index is 0.156. The first-order valence-electron chi connectivity index (χ1n) is 7.97. The first-order chi connectivity index (χ1) is 13.3. The summed E-state index contributed by atoms with van der Waals surface area (Å²) in [5.74, 6) is 0.191. The minimum atomic E-state index is -4.54. The molecule has 0 fully saturated rings. The molecule has 0 saturated carbocycles. The van der Waals surface area contributed by atoms with Crippen molar-refractivity contribution in [3.05, 3.63) is 46.3 Å². The highest BCUT2D eigenvalue weighted by Gasteiger charge is 2.34. The molecule has 2 N–H and O–H groups in total. The summed E-state index contributed by atoms with van der Waals surface area (Å²) in [5.41, 5.74) is 0.617. The number of carbonyl (C=O) groups excluding carboxylic acids is 1. The smallest absolute Gasteiger partial charge is 0.338 e. The van der Waals surface area contributed by atoms with E-state index in [9.17, 15) is 18.0 Å². The number of hydrogen-bond donors (Lipinski definition) is 2. The Morgan fingerprint density at radius 1 is 1.21 bits per heavy atom. The quantitative estimate of drug-likeness (QED) is 0.548. The molecule has 0 aliphatic carbocycles. The van der Waals surface area contributed by atoms with Gasteiger partial charge in [-0.25, -0.2) is 14.8 Å². The van der Waals surface area contributed by atoms with Crippen LogP contribution >= 0.6 is 27.3 Å². The van der Waals surface area contributed by atoms with Gasteiger partial charge in [-0.3, -0.25) is 10.3 Å². The van der Waals surface area contributed by atoms with E-state index in [1.54, 1.807) is 25.4 Å². The first-order valence-corrected chi connectivity index (χ1v) is 9.64. The largest absolute Gasteiger partial charge is 0.434 e. The van der Waals surface area contributed by atoms with Crippen LogP contribution in [0.3, 0.4) is 0 Å². The van der Waals surface area contributed by atoms with Crippen molar-refractivity contribution < 1.29 is 18.0 Å². The number of hydrogen-bond acceptors (Lipinski definition) is 5. The molecule has 0 saturated heterocycles. The van der Waals surface area contributed by atoms with Gasteiger partial charge in [-0.2, -0.15) is 13.2 Å². The molecule has 3 heterocycles. The van der Waals surface area contributed by atoms with E-state index in [-0.39, 0.29) is 10.8 Å². The lowest BCUT2D eigenvalue weighted by Crippen LogP contribution is -2.28. The lowest BCUT2D eigenvalue weighted by molar-refractivity contribution is -0.140. The number of carbonyl (C=O) groups is 1. The van der Waals surface area contributed by atoms with Gasteiger partial charge in [-0.1, -0.05) is 0 Å². The van der Waals surface area contributed by atoms with Gasteiger partial charge in [-0.15, -0.1) is 11.3 Å². The summed E-state index contributed by atoms with van der Waals surface area (Å²) in [5, 5.41) is 6.22. The molecular weight excluding hydrogens is 459 g/mol. The third kappa shape index (κ3) is 4.65. The maximum atomic E-state index is 13.0. The molecule has 0 unspecified atom stereocenters. The number of nitrogens with one attached hydrogen (secondary N) is 2. The van der Waals surface area contributed by atoms with E-state index in [1.165, 1.54) is 12.3 Å². The number of amides is 2. The van der Waals surface area contributed by atoms with E-state index in [0.717, 1.165) is 16.7 Å². The van der Waals surface area contributed by atoms with Crippen LogP contribution in [-0.4, -0.2) is 27.5 Å². The Hall–Kier alpha value is -2.53. The van der Waals surface area contributed by atoms with Crippen LogP contribution in [0.2, 0.25) is 0 Å². The third-order valence-corrected chi connectivity index (χ3v) is 4.83. The number of halogens is 4. The highest BCUT2D eigenvalue weighted by molar-refractivity contribution is 9.10. The number of alkyl halides is 3. The van der Waals surface area contributed by atoms with Crippen molar-refractivity contribution in [2.45, 2.75) is 13.1 Å². The molecule has 0 bridgehead atoms. The Kier molecular flexibility index (Phi) is 5.94. The van der Waals surface area contributed by atoms with Crippen molar-refractivity contribution in [3.8, 4) is 21.7 Å². The standard InChI is InChI=1S/C17H13BrF3N5OS/c1-2-23-16(27)26-14-4-11(15-25-13(8-28-15)17(19,20)21)12(7-24-14)9-3-10(18)6-22-5-9/h3-8H,2H2,1H3,(H2,23,24,26,27). The fourth-order valence-corrected chi connectivity index (χ4v) is 3.56. The van der Waals surface area contributed by atoms with Crippen LogP contribution < -0.4 is 10.6 Å². The molecule has 6 nitrogen and oxygen atoms in total. The molecule has 11 heteroatoms. The number of anilines is 1. The molecule has 3 aromatic heterocycles. The van der Waals surface area contributed by atoms with E-state index in [4.69, 9.17) is 0 Å². The molecule has 3 rings (SSSR count). The monoisotopic (exact) mass is 471 g/mol. The predicted molar refractivity (Wildman–Crippen MR) is 104 cm³/mol. The summed E-state index contributed by atoms with van der Waals surface area (Å²) >= 11 is 4.19. The summed E-state index contributed by atoms with van der Waals surface area (Å²) in [6.45, 7) is 2.18. The lowest BCUT2D eigenvalue weighted by atomic mass is 10.0. The molecule has 0 atom stereocenters. The normalized spacial score (nSPS) is 11.3. The maximum absolute atomic E-state index is 13.0. The van der Waals surface area contributed by atoms with Gasteiger partial charge in [0, 0.05) is 51.7 Å². The molecule has 2 amide bonds. The first kappa shape index (κ1) is 20.2. The summed E-state index contributed by atoms with van der Waals surface area (Å²) < 4.78 is 39.6. The van der Waals surface area contributed by atoms with Gasteiger partial charge in [-0.05, 0) is 35.0 Å². The summed E-state index contributed by atoms with van der Waals surface area (Å²) in [6, 6.07) is 2.79. The van der Waals surface area contributed by atoms with Crippen LogP contribution in [-0.2, 0) is 6.18 Å². The molecule has 0 spiro atoms. The molecule has 28 heavy (non-hydrogen) atoms. The highest BCUT2D eigenvalue weighted by Crippen LogP contribution is 2.38. The van der Waals surface area contributed by atoms with Gasteiger partial charge in [0.15, 0.2) is 5.69 Å². The van der Waals surface area contributed by atoms with Crippen LogP contribution in [0.1, 0.15) is 12.6 Å². The zero-order valence-corrected chi connectivity index (χ0v) is 16.7. The number of urea groups is 1. The van der Waals surface area contributed by atoms with Crippen molar-refractivity contribution in [1.82, 2.24) is 20.3 Å². The Labute approximate surface area is 170 Å². The van der Waals surface area contributed by atoms with Gasteiger partial charge in [0.1, 0.15) is 10.8 Å². The van der Waals surface area contributed by atoms with Crippen molar-refractivity contribution >= 4 is 39.1 Å². The number of aromatic nitrogens is 3. The van der Waals surface area contributed by atoms with Crippen LogP contribution in [0, 0.1) is 0 Å². The van der Waals surface area contributed by atoms with Crippen LogP contribution in [0.15, 0.2) is 40.6 Å². The maximum Gasteiger partial charge on any atom is 0.434 e. The molecule has 3 aromatic rings. The molecule has 0 aliphatic heterocycles. The number of thiazole rings is 1. The number of pyridine rings is 2. The fourth-order valence-electron chi connectivity index (χ4n) is 2.34. The number of rotatable bonds is 4. The van der Waals surface area contributed by atoms with E-state index < -0.39 is 17.9 Å². The summed E-state index contributed by atoms with van der Waals surface area (Å²) in [7, 11) is 0. The zero-order chi connectivity index (χ0) is 20.3. The van der Waals surface area contributed by atoms with Gasteiger partial charge in [0.05, 0.1) is 0 Å². The Balaban J connectivity index is 2.09. The van der Waals surface area contributed by atoms with E-state index in [1.807, 2.05) is 0 Å². The second-order valence-electron chi connectivity index (χ2n) is 5.53. The van der Waals surface area contributed by atoms with Gasteiger partial charge < -0.3 is 5.32 Å². The van der Waals surface area contributed by atoms with Crippen LogP contribution in [0.25, 0.3) is 21.7 Å². The molecule has 0 aromatic carbocycles. The molecular formula is C17H13BrF3N5OS. The topological polar surface area (TPSA) is 79.8 Å². The zero-order valence-electron chi connectivity index (χ0n) is 14.3. The Bertz CT molecular complexity index is 1010. The van der Waals surface area contributed by atoms with Crippen LogP contribution in [0.4, 0.5) is 23.8 Å². The number of nitrogens with zero attached hydrogens (tertiary/aromatic N) is 3. The second kappa shape index (κ2) is 8.23. The molecule has 0 aliphatic rings.